The molecule has 0 saturated carbocycles. The molecule has 2 aromatic rings. The Morgan fingerprint density at radius 2 is 1.58 bits per heavy atom. The zero-order valence-electron chi connectivity index (χ0n) is 14.0. The maximum Gasteiger partial charge on any atom is 0.252 e. The third-order valence-electron chi connectivity index (χ3n) is 3.76. The minimum absolute atomic E-state index is 0.138. The van der Waals surface area contributed by atoms with Crippen molar-refractivity contribution in [2.75, 3.05) is 27.2 Å². The van der Waals surface area contributed by atoms with Crippen LogP contribution < -0.4 is 10.6 Å². The molecule has 0 saturated heterocycles. The van der Waals surface area contributed by atoms with Gasteiger partial charge in [0.2, 0.25) is 5.91 Å². The number of benzene rings is 2. The second-order valence-electron chi connectivity index (χ2n) is 5.55. The zero-order chi connectivity index (χ0) is 17.4. The minimum atomic E-state index is -0.708. The molecule has 0 fully saturated rings. The third kappa shape index (κ3) is 4.67. The summed E-state index contributed by atoms with van der Waals surface area (Å²) >= 11 is 0. The quantitative estimate of drug-likeness (QED) is 0.816. The molecule has 2 rings (SSSR count). The number of hydrogen-bond donors (Lipinski definition) is 2. The number of carbonyl (C=O) groups is 2. The summed E-state index contributed by atoms with van der Waals surface area (Å²) in [6, 6.07) is 17.5. The van der Waals surface area contributed by atoms with Crippen LogP contribution in [-0.2, 0) is 4.79 Å². The molecule has 0 radical (unpaired) electrons. The predicted octanol–water partition coefficient (Wildman–Crippen LogP) is 1.84. The van der Waals surface area contributed by atoms with Gasteiger partial charge in [-0.1, -0.05) is 48.5 Å². The molecule has 5 heteroatoms. The maximum absolute atomic E-state index is 12.8. The summed E-state index contributed by atoms with van der Waals surface area (Å²) in [5.74, 6) is -0.402. The molecule has 2 N–H and O–H groups in total. The van der Waals surface area contributed by atoms with Crippen LogP contribution in [0.4, 0.5) is 0 Å². The van der Waals surface area contributed by atoms with Crippen molar-refractivity contribution >= 4 is 11.8 Å². The standard InChI is InChI=1S/C19H23N3O2/c1-20-13-14-22(2)19(24)17(15-9-5-3-6-10-15)21-18(23)16-11-7-4-8-12-16/h3-12,17,20H,13-14H2,1-2H3,(H,21,23). The van der Waals surface area contributed by atoms with Crippen molar-refractivity contribution in [3.63, 3.8) is 0 Å². The Morgan fingerprint density at radius 1 is 1.00 bits per heavy atom. The van der Waals surface area contributed by atoms with E-state index < -0.39 is 6.04 Å². The fourth-order valence-electron chi connectivity index (χ4n) is 2.35. The van der Waals surface area contributed by atoms with E-state index in [1.807, 2.05) is 43.4 Å². The lowest BCUT2D eigenvalue weighted by Crippen LogP contribution is -2.43. The normalized spacial score (nSPS) is 11.6. The number of hydrogen-bond acceptors (Lipinski definition) is 3. The van der Waals surface area contributed by atoms with Crippen molar-refractivity contribution < 1.29 is 9.59 Å². The monoisotopic (exact) mass is 325 g/mol. The lowest BCUT2D eigenvalue weighted by Gasteiger charge is -2.25. The van der Waals surface area contributed by atoms with Crippen LogP contribution in [0.3, 0.4) is 0 Å². The topological polar surface area (TPSA) is 61.4 Å². The van der Waals surface area contributed by atoms with E-state index in [9.17, 15) is 9.59 Å². The van der Waals surface area contributed by atoms with E-state index in [-0.39, 0.29) is 11.8 Å². The molecule has 126 valence electrons. The highest BCUT2D eigenvalue weighted by Gasteiger charge is 2.25. The van der Waals surface area contributed by atoms with E-state index in [2.05, 4.69) is 10.6 Å². The molecule has 24 heavy (non-hydrogen) atoms. The molecule has 0 aliphatic heterocycles. The van der Waals surface area contributed by atoms with Gasteiger partial charge in [0.05, 0.1) is 0 Å². The van der Waals surface area contributed by atoms with Gasteiger partial charge in [0.1, 0.15) is 6.04 Å². The summed E-state index contributed by atoms with van der Waals surface area (Å²) in [6.45, 7) is 1.26. The highest BCUT2D eigenvalue weighted by atomic mass is 16.2. The summed E-state index contributed by atoms with van der Waals surface area (Å²) in [7, 11) is 3.58. The van der Waals surface area contributed by atoms with E-state index in [0.717, 1.165) is 5.56 Å². The fraction of sp³-hybridized carbons (Fsp3) is 0.263. The van der Waals surface area contributed by atoms with Crippen molar-refractivity contribution in [1.29, 1.82) is 0 Å². The summed E-state index contributed by atoms with van der Waals surface area (Å²) in [5.41, 5.74) is 1.30. The van der Waals surface area contributed by atoms with E-state index in [0.29, 0.717) is 18.7 Å². The van der Waals surface area contributed by atoms with Crippen molar-refractivity contribution in [3.8, 4) is 0 Å². The largest absolute Gasteiger partial charge is 0.342 e. The number of rotatable bonds is 7. The maximum atomic E-state index is 12.8. The first-order valence-corrected chi connectivity index (χ1v) is 7.94. The Bertz CT molecular complexity index is 659. The summed E-state index contributed by atoms with van der Waals surface area (Å²) in [6.07, 6.45) is 0. The van der Waals surface area contributed by atoms with Gasteiger partial charge in [-0.3, -0.25) is 9.59 Å². The van der Waals surface area contributed by atoms with Crippen molar-refractivity contribution in [3.05, 3.63) is 71.8 Å². The molecule has 0 aliphatic carbocycles. The molecule has 5 nitrogen and oxygen atoms in total. The van der Waals surface area contributed by atoms with Crippen LogP contribution in [0, 0.1) is 0 Å². The Kier molecular flexibility index (Phi) is 6.51. The highest BCUT2D eigenvalue weighted by Crippen LogP contribution is 2.16. The lowest BCUT2D eigenvalue weighted by atomic mass is 10.0. The average Bonchev–Trinajstić information content (AvgIpc) is 2.64. The van der Waals surface area contributed by atoms with Crippen LogP contribution in [-0.4, -0.2) is 43.9 Å². The molecular weight excluding hydrogens is 302 g/mol. The fourth-order valence-corrected chi connectivity index (χ4v) is 2.35. The van der Waals surface area contributed by atoms with E-state index >= 15 is 0 Å². The zero-order valence-corrected chi connectivity index (χ0v) is 14.0. The molecule has 1 unspecified atom stereocenters. The van der Waals surface area contributed by atoms with E-state index in [1.54, 1.807) is 36.2 Å². The van der Waals surface area contributed by atoms with Crippen LogP contribution in [0.2, 0.25) is 0 Å². The molecule has 2 amide bonds. The molecule has 0 aliphatic rings. The molecule has 1 atom stereocenters. The Labute approximate surface area is 142 Å². The van der Waals surface area contributed by atoms with Crippen LogP contribution >= 0.6 is 0 Å². The van der Waals surface area contributed by atoms with Crippen LogP contribution in [0.5, 0.6) is 0 Å². The number of likely N-dealkylation sites (N-methyl/N-ethyl adjacent to an activating group) is 2. The SMILES string of the molecule is CNCCN(C)C(=O)C(NC(=O)c1ccccc1)c1ccccc1. The average molecular weight is 325 g/mol. The number of nitrogens with zero attached hydrogens (tertiary/aromatic N) is 1. The van der Waals surface area contributed by atoms with Crippen molar-refractivity contribution in [1.82, 2.24) is 15.5 Å². The molecule has 0 aromatic heterocycles. The van der Waals surface area contributed by atoms with E-state index in [1.165, 1.54) is 0 Å². The number of carbonyl (C=O) groups excluding carboxylic acids is 2. The van der Waals surface area contributed by atoms with Gasteiger partial charge < -0.3 is 15.5 Å². The Hall–Kier alpha value is -2.66. The molecule has 0 heterocycles. The Morgan fingerprint density at radius 3 is 2.17 bits per heavy atom. The summed E-state index contributed by atoms with van der Waals surface area (Å²) < 4.78 is 0. The Balaban J connectivity index is 2.20. The second kappa shape index (κ2) is 8.84. The number of nitrogens with one attached hydrogen (secondary N) is 2. The van der Waals surface area contributed by atoms with Gasteiger partial charge in [-0.2, -0.15) is 0 Å². The second-order valence-corrected chi connectivity index (χ2v) is 5.55. The molecule has 2 aromatic carbocycles. The van der Waals surface area contributed by atoms with Gasteiger partial charge in [0.15, 0.2) is 0 Å². The summed E-state index contributed by atoms with van der Waals surface area (Å²) in [4.78, 5) is 26.9. The predicted molar refractivity (Wildman–Crippen MR) is 94.7 cm³/mol. The lowest BCUT2D eigenvalue weighted by molar-refractivity contribution is -0.132. The van der Waals surface area contributed by atoms with E-state index in [4.69, 9.17) is 0 Å². The first-order chi connectivity index (χ1) is 11.6. The smallest absolute Gasteiger partial charge is 0.252 e. The third-order valence-corrected chi connectivity index (χ3v) is 3.76. The summed E-state index contributed by atoms with van der Waals surface area (Å²) in [5, 5.41) is 5.87. The number of amides is 2. The minimum Gasteiger partial charge on any atom is -0.342 e. The van der Waals surface area contributed by atoms with Gasteiger partial charge in [-0.25, -0.2) is 0 Å². The highest BCUT2D eigenvalue weighted by molar-refractivity contribution is 5.97. The first kappa shape index (κ1) is 17.7. The van der Waals surface area contributed by atoms with Gasteiger partial charge in [-0.05, 0) is 24.7 Å². The van der Waals surface area contributed by atoms with Gasteiger partial charge in [0.25, 0.3) is 5.91 Å². The van der Waals surface area contributed by atoms with Gasteiger partial charge in [-0.15, -0.1) is 0 Å². The van der Waals surface area contributed by atoms with Crippen molar-refractivity contribution in [2.45, 2.75) is 6.04 Å². The first-order valence-electron chi connectivity index (χ1n) is 7.94. The van der Waals surface area contributed by atoms with Crippen LogP contribution in [0.1, 0.15) is 22.0 Å². The van der Waals surface area contributed by atoms with Crippen LogP contribution in [0.25, 0.3) is 0 Å². The van der Waals surface area contributed by atoms with Gasteiger partial charge in [0, 0.05) is 25.7 Å². The molecular formula is C19H23N3O2. The molecule has 0 spiro atoms. The van der Waals surface area contributed by atoms with Crippen LogP contribution in [0.15, 0.2) is 60.7 Å². The molecule has 0 bridgehead atoms. The van der Waals surface area contributed by atoms with Crippen molar-refractivity contribution in [2.24, 2.45) is 0 Å². The van der Waals surface area contributed by atoms with Gasteiger partial charge >= 0.3 is 0 Å².